The van der Waals surface area contributed by atoms with Gasteiger partial charge < -0.3 is 34.3 Å². The monoisotopic (exact) mass is 778 g/mol. The maximum absolute atomic E-state index is 13.5. The molecule has 0 bridgehead atoms. The molecule has 2 aliphatic heterocycles. The molecule has 7 rings (SSSR count). The Hall–Kier alpha value is -4.68. The van der Waals surface area contributed by atoms with Crippen LogP contribution in [0, 0.1) is 29.6 Å². The van der Waals surface area contributed by atoms with Gasteiger partial charge >= 0.3 is 0 Å². The molecule has 2 heterocycles. The van der Waals surface area contributed by atoms with Gasteiger partial charge in [-0.1, -0.05) is 41.9 Å². The third-order valence-corrected chi connectivity index (χ3v) is 11.4. The summed E-state index contributed by atoms with van der Waals surface area (Å²) in [7, 11) is 0. The summed E-state index contributed by atoms with van der Waals surface area (Å²) in [5.74, 6) is 1.91. The Kier molecular flexibility index (Phi) is 13.1. The van der Waals surface area contributed by atoms with E-state index in [9.17, 15) is 20.0 Å². The Bertz CT molecular complexity index is 2060. The van der Waals surface area contributed by atoms with Crippen molar-refractivity contribution in [3.05, 3.63) is 111 Å². The summed E-state index contributed by atoms with van der Waals surface area (Å²) in [4.78, 5) is 2.32. The second-order valence-electron chi connectivity index (χ2n) is 14.9. The molecular weight excluding hydrogens is 731 g/mol. The second kappa shape index (κ2) is 18.5. The minimum absolute atomic E-state index is 0.120. The van der Waals surface area contributed by atoms with Gasteiger partial charge in [-0.2, -0.15) is 10.5 Å². The predicted molar refractivity (Wildman–Crippen MR) is 213 cm³/mol. The van der Waals surface area contributed by atoms with Crippen LogP contribution in [0.25, 0.3) is 11.1 Å². The molecule has 9 nitrogen and oxygen atoms in total. The largest absolute Gasteiger partial charge is 0.493 e. The lowest BCUT2D eigenvalue weighted by molar-refractivity contribution is -0.0281. The van der Waals surface area contributed by atoms with Gasteiger partial charge in [0.1, 0.15) is 36.1 Å². The molecule has 3 aliphatic rings. The predicted octanol–water partition coefficient (Wildman–Crippen LogP) is 8.15. The Labute approximate surface area is 333 Å². The Morgan fingerprint density at radius 3 is 2.46 bits per heavy atom. The molecule has 0 spiro atoms. The number of aliphatic hydroxyl groups excluding tert-OH is 1. The fraction of sp³-hybridized carbons (Fsp3) is 0.422. The molecule has 0 amide bonds. The van der Waals surface area contributed by atoms with Crippen LogP contribution in [-0.2, 0) is 24.3 Å². The van der Waals surface area contributed by atoms with Gasteiger partial charge in [0.2, 0.25) is 0 Å². The lowest BCUT2D eigenvalue weighted by atomic mass is 9.93. The van der Waals surface area contributed by atoms with Crippen LogP contribution >= 0.6 is 11.6 Å². The molecule has 4 aromatic rings. The van der Waals surface area contributed by atoms with Crippen molar-refractivity contribution in [2.45, 2.75) is 83.0 Å². The van der Waals surface area contributed by atoms with E-state index in [2.05, 4.69) is 53.5 Å². The van der Waals surface area contributed by atoms with E-state index >= 15 is 0 Å². The SMILES string of the molecule is Cc1c(OCCCN2CCC(F)CC2)cccc1-c1cccc2c1CC[C@@H]2Oc1cc(OCc2cc(C#N)cc(C#N)c2)c(CN[C@@H]2CCOC[C@H]2O)cc1Cl. The van der Waals surface area contributed by atoms with E-state index in [1.807, 2.05) is 24.3 Å². The molecule has 0 radical (unpaired) electrons. The number of hydrogen-bond acceptors (Lipinski definition) is 9. The first-order valence-electron chi connectivity index (χ1n) is 19.6. The van der Waals surface area contributed by atoms with E-state index < -0.39 is 12.3 Å². The normalized spacial score (nSPS) is 19.9. The number of alkyl halides is 1. The fourth-order valence-electron chi connectivity index (χ4n) is 8.01. The minimum Gasteiger partial charge on any atom is -0.493 e. The third-order valence-electron chi connectivity index (χ3n) is 11.1. The second-order valence-corrected chi connectivity index (χ2v) is 15.3. The Balaban J connectivity index is 1.08. The van der Waals surface area contributed by atoms with Crippen LogP contribution in [0.4, 0.5) is 4.39 Å². The minimum atomic E-state index is -0.661. The van der Waals surface area contributed by atoms with Crippen molar-refractivity contribution in [2.75, 3.05) is 39.5 Å². The Morgan fingerprint density at radius 2 is 1.70 bits per heavy atom. The van der Waals surface area contributed by atoms with Gasteiger partial charge in [0, 0.05) is 50.5 Å². The molecule has 0 unspecified atom stereocenters. The molecule has 1 aliphatic carbocycles. The van der Waals surface area contributed by atoms with Crippen molar-refractivity contribution in [3.8, 4) is 40.5 Å². The number of rotatable bonds is 14. The number of aliphatic hydroxyl groups is 1. The average molecular weight is 779 g/mol. The zero-order valence-corrected chi connectivity index (χ0v) is 32.5. The fourth-order valence-corrected chi connectivity index (χ4v) is 8.24. The van der Waals surface area contributed by atoms with Gasteiger partial charge in [-0.15, -0.1) is 0 Å². The summed E-state index contributed by atoms with van der Waals surface area (Å²) in [6.45, 7) is 6.60. The topological polar surface area (TPSA) is 120 Å². The zero-order valence-electron chi connectivity index (χ0n) is 31.7. The molecule has 4 aromatic carbocycles. The lowest BCUT2D eigenvalue weighted by Gasteiger charge is -2.29. The van der Waals surface area contributed by atoms with Gasteiger partial charge in [0.15, 0.2) is 0 Å². The van der Waals surface area contributed by atoms with E-state index in [1.54, 1.807) is 18.2 Å². The number of likely N-dealkylation sites (tertiary alicyclic amines) is 1. The van der Waals surface area contributed by atoms with Crippen molar-refractivity contribution in [1.29, 1.82) is 10.5 Å². The van der Waals surface area contributed by atoms with Crippen LogP contribution < -0.4 is 19.5 Å². The Morgan fingerprint density at radius 1 is 0.929 bits per heavy atom. The van der Waals surface area contributed by atoms with Crippen LogP contribution in [0.5, 0.6) is 17.2 Å². The van der Waals surface area contributed by atoms with Gasteiger partial charge in [-0.3, -0.25) is 0 Å². The van der Waals surface area contributed by atoms with Crippen LogP contribution in [0.1, 0.15) is 77.2 Å². The molecule has 0 aromatic heterocycles. The molecule has 3 atom stereocenters. The summed E-state index contributed by atoms with van der Waals surface area (Å²) >= 11 is 6.94. The quantitative estimate of drug-likeness (QED) is 0.122. The van der Waals surface area contributed by atoms with Crippen molar-refractivity contribution in [2.24, 2.45) is 0 Å². The number of piperidine rings is 1. The summed E-state index contributed by atoms with van der Waals surface area (Å²) in [5, 5.41) is 33.4. The number of benzene rings is 4. The maximum atomic E-state index is 13.5. The molecule has 0 saturated carbocycles. The van der Waals surface area contributed by atoms with E-state index in [-0.39, 0.29) is 25.4 Å². The van der Waals surface area contributed by atoms with E-state index in [0.29, 0.717) is 72.2 Å². The molecule has 56 heavy (non-hydrogen) atoms. The van der Waals surface area contributed by atoms with Crippen LogP contribution in [-0.4, -0.2) is 67.8 Å². The first-order chi connectivity index (χ1) is 27.3. The van der Waals surface area contributed by atoms with Crippen molar-refractivity contribution in [1.82, 2.24) is 10.2 Å². The van der Waals surface area contributed by atoms with Crippen molar-refractivity contribution < 1.29 is 28.4 Å². The highest BCUT2D eigenvalue weighted by molar-refractivity contribution is 6.32. The highest BCUT2D eigenvalue weighted by Crippen LogP contribution is 2.44. The van der Waals surface area contributed by atoms with E-state index in [1.165, 1.54) is 5.56 Å². The zero-order chi connectivity index (χ0) is 39.0. The maximum Gasteiger partial charge on any atom is 0.142 e. The molecule has 11 heteroatoms. The molecule has 292 valence electrons. The van der Waals surface area contributed by atoms with Crippen LogP contribution in [0.15, 0.2) is 66.7 Å². The number of nitrogens with one attached hydrogen (secondary N) is 1. The summed E-state index contributed by atoms with van der Waals surface area (Å²) in [6.07, 6.45) is 2.90. The summed E-state index contributed by atoms with van der Waals surface area (Å²) < 4.78 is 38.3. The highest BCUT2D eigenvalue weighted by atomic mass is 35.5. The van der Waals surface area contributed by atoms with Gasteiger partial charge in [-0.25, -0.2) is 4.39 Å². The van der Waals surface area contributed by atoms with Crippen LogP contribution in [0.2, 0.25) is 5.02 Å². The van der Waals surface area contributed by atoms with Crippen LogP contribution in [0.3, 0.4) is 0 Å². The van der Waals surface area contributed by atoms with Gasteiger partial charge in [0.25, 0.3) is 0 Å². The first-order valence-corrected chi connectivity index (χ1v) is 19.9. The summed E-state index contributed by atoms with van der Waals surface area (Å²) in [5.41, 5.74) is 7.97. The molecule has 2 N–H and O–H groups in total. The third kappa shape index (κ3) is 9.46. The smallest absolute Gasteiger partial charge is 0.142 e. The molecular formula is C45H48ClFN4O5. The average Bonchev–Trinajstić information content (AvgIpc) is 3.63. The first kappa shape index (κ1) is 39.6. The van der Waals surface area contributed by atoms with Crippen molar-refractivity contribution >= 4 is 11.6 Å². The number of ether oxygens (including phenoxy) is 4. The highest BCUT2D eigenvalue weighted by Gasteiger charge is 2.29. The number of nitrogens with zero attached hydrogens (tertiary/aromatic N) is 3. The van der Waals surface area contributed by atoms with Crippen molar-refractivity contribution in [3.63, 3.8) is 0 Å². The van der Waals surface area contributed by atoms with Gasteiger partial charge in [-0.05, 0) is 109 Å². The molecule has 2 fully saturated rings. The van der Waals surface area contributed by atoms with E-state index in [4.69, 9.17) is 30.5 Å². The summed E-state index contributed by atoms with van der Waals surface area (Å²) in [6, 6.07) is 25.3. The molecule has 2 saturated heterocycles. The standard InChI is InChI=1S/C45H48ClFN4O5/c1-29-35(5-3-8-42(29)54-17-4-14-51-15-11-34(47)12-16-51)36-6-2-7-38-37(36)9-10-43(38)56-45-23-44(55-27-32-20-30(24-48)19-31(21-32)25-49)33(22-39(45)46)26-50-40-13-18-53-28-41(40)52/h2-3,5-8,19-23,34,40-41,43,50,52H,4,9-18,26-28H2,1H3/t40-,41-,43+/m1/s1. The van der Waals surface area contributed by atoms with Gasteiger partial charge in [0.05, 0.1) is 47.6 Å². The number of hydrogen-bond donors (Lipinski definition) is 2. The lowest BCUT2D eigenvalue weighted by Crippen LogP contribution is -2.46. The number of fused-ring (bicyclic) bond motifs is 1. The number of nitriles is 2. The number of halogens is 2. The van der Waals surface area contributed by atoms with E-state index in [0.717, 1.165) is 72.5 Å².